The zero-order valence-corrected chi connectivity index (χ0v) is 11.7. The minimum Gasteiger partial charge on any atom is -0.435 e. The van der Waals surface area contributed by atoms with E-state index in [1.165, 1.54) is 23.9 Å². The Bertz CT molecular complexity index is 646. The minimum atomic E-state index is -2.86. The van der Waals surface area contributed by atoms with E-state index in [0.29, 0.717) is 28.6 Å². The fourth-order valence-electron chi connectivity index (χ4n) is 1.59. The lowest BCUT2D eigenvalue weighted by atomic mass is 10.1. The predicted octanol–water partition coefficient (Wildman–Crippen LogP) is 3.75. The average Bonchev–Trinajstić information content (AvgIpc) is 2.47. The molecule has 0 aliphatic rings. The van der Waals surface area contributed by atoms with Crippen molar-refractivity contribution in [2.75, 3.05) is 5.75 Å². The maximum atomic E-state index is 12.2. The van der Waals surface area contributed by atoms with Crippen molar-refractivity contribution >= 4 is 11.8 Å². The highest BCUT2D eigenvalue weighted by atomic mass is 32.2. The van der Waals surface area contributed by atoms with E-state index in [1.807, 2.05) is 6.07 Å². The van der Waals surface area contributed by atoms with Gasteiger partial charge in [0.05, 0.1) is 11.8 Å². The Balaban J connectivity index is 2.17. The second-order valence-electron chi connectivity index (χ2n) is 3.89. The molecular weight excluding hydrogens is 296 g/mol. The number of rotatable bonds is 6. The molecule has 7 heteroatoms. The summed E-state index contributed by atoms with van der Waals surface area (Å²) in [5.41, 5.74) is 1.28. The monoisotopic (exact) mass is 307 g/mol. The van der Waals surface area contributed by atoms with Crippen molar-refractivity contribution in [2.45, 2.75) is 18.2 Å². The van der Waals surface area contributed by atoms with Crippen LogP contribution in [-0.4, -0.2) is 22.3 Å². The van der Waals surface area contributed by atoms with Gasteiger partial charge in [0, 0.05) is 23.9 Å². The first-order chi connectivity index (χ1) is 10.2. The van der Waals surface area contributed by atoms with E-state index in [2.05, 4.69) is 14.7 Å². The maximum Gasteiger partial charge on any atom is 0.387 e. The van der Waals surface area contributed by atoms with E-state index < -0.39 is 6.61 Å². The molecular formula is C14H11F2N3OS. The van der Waals surface area contributed by atoms with Gasteiger partial charge < -0.3 is 4.74 Å². The molecule has 1 heterocycles. The molecule has 0 N–H and O–H groups in total. The molecule has 21 heavy (non-hydrogen) atoms. The summed E-state index contributed by atoms with van der Waals surface area (Å²) in [4.78, 5) is 8.43. The number of hydrogen-bond acceptors (Lipinski definition) is 5. The van der Waals surface area contributed by atoms with Crippen molar-refractivity contribution in [2.24, 2.45) is 0 Å². The van der Waals surface area contributed by atoms with Gasteiger partial charge in [0.25, 0.3) is 0 Å². The van der Waals surface area contributed by atoms with Crippen molar-refractivity contribution in [3.63, 3.8) is 0 Å². The fourth-order valence-corrected chi connectivity index (χ4v) is 2.26. The number of aromatic nitrogens is 2. The third-order valence-electron chi connectivity index (χ3n) is 2.43. The molecule has 0 unspecified atom stereocenters. The summed E-state index contributed by atoms with van der Waals surface area (Å²) < 4.78 is 28.8. The van der Waals surface area contributed by atoms with Crippen LogP contribution in [-0.2, 0) is 0 Å². The molecule has 0 spiro atoms. The third kappa shape index (κ3) is 4.68. The summed E-state index contributed by atoms with van der Waals surface area (Å²) in [6.45, 7) is -2.86. The van der Waals surface area contributed by atoms with Crippen molar-refractivity contribution in [3.8, 4) is 23.1 Å². The van der Waals surface area contributed by atoms with E-state index in [4.69, 9.17) is 5.26 Å². The van der Waals surface area contributed by atoms with Crippen molar-refractivity contribution in [1.29, 1.82) is 5.26 Å². The highest BCUT2D eigenvalue weighted by Crippen LogP contribution is 2.24. The van der Waals surface area contributed by atoms with Gasteiger partial charge in [-0.25, -0.2) is 9.97 Å². The Hall–Kier alpha value is -2.20. The number of thioether (sulfide) groups is 1. The van der Waals surface area contributed by atoms with Gasteiger partial charge in [-0.05, 0) is 18.2 Å². The van der Waals surface area contributed by atoms with Crippen molar-refractivity contribution in [1.82, 2.24) is 9.97 Å². The van der Waals surface area contributed by atoms with Gasteiger partial charge in [-0.2, -0.15) is 14.0 Å². The van der Waals surface area contributed by atoms with Gasteiger partial charge in [0.2, 0.25) is 0 Å². The first-order valence-corrected chi connectivity index (χ1v) is 7.05. The normalized spacial score (nSPS) is 10.4. The van der Waals surface area contributed by atoms with Crippen molar-refractivity contribution < 1.29 is 13.5 Å². The van der Waals surface area contributed by atoms with Gasteiger partial charge in [-0.3, -0.25) is 0 Å². The van der Waals surface area contributed by atoms with Crippen LogP contribution in [0.4, 0.5) is 8.78 Å². The minimum absolute atomic E-state index is 0.0831. The standard InChI is InChI=1S/C14H11F2N3OS/c15-13(16)20-11-4-1-3-10(9-11)12-5-7-18-14(19-12)21-8-2-6-17/h1,3-5,7,9,13H,2,8H2. The van der Waals surface area contributed by atoms with Crippen molar-refractivity contribution in [3.05, 3.63) is 36.5 Å². The third-order valence-corrected chi connectivity index (χ3v) is 3.30. The smallest absolute Gasteiger partial charge is 0.387 e. The van der Waals surface area contributed by atoms with Crippen LogP contribution in [0.3, 0.4) is 0 Å². The molecule has 0 radical (unpaired) electrons. The van der Waals surface area contributed by atoms with Gasteiger partial charge in [-0.15, -0.1) is 0 Å². The van der Waals surface area contributed by atoms with E-state index in [1.54, 1.807) is 24.4 Å². The molecule has 0 bridgehead atoms. The lowest BCUT2D eigenvalue weighted by Gasteiger charge is -2.07. The highest BCUT2D eigenvalue weighted by Gasteiger charge is 2.07. The van der Waals surface area contributed by atoms with Gasteiger partial charge in [0.1, 0.15) is 5.75 Å². The second kappa shape index (κ2) is 7.55. The Kier molecular flexibility index (Phi) is 5.46. The molecule has 4 nitrogen and oxygen atoms in total. The molecule has 0 saturated heterocycles. The zero-order valence-electron chi connectivity index (χ0n) is 10.9. The van der Waals surface area contributed by atoms with Crippen LogP contribution in [0.25, 0.3) is 11.3 Å². The first kappa shape index (κ1) is 15.2. The van der Waals surface area contributed by atoms with Gasteiger partial charge >= 0.3 is 6.61 Å². The quantitative estimate of drug-likeness (QED) is 0.462. The molecule has 0 saturated carbocycles. The summed E-state index contributed by atoms with van der Waals surface area (Å²) in [5, 5.41) is 9.04. The van der Waals surface area contributed by atoms with E-state index in [-0.39, 0.29) is 5.75 Å². The summed E-state index contributed by atoms with van der Waals surface area (Å²) in [6, 6.07) is 10.1. The lowest BCUT2D eigenvalue weighted by molar-refractivity contribution is -0.0498. The Morgan fingerprint density at radius 3 is 2.95 bits per heavy atom. The molecule has 108 valence electrons. The highest BCUT2D eigenvalue weighted by molar-refractivity contribution is 7.99. The number of ether oxygens (including phenoxy) is 1. The zero-order chi connectivity index (χ0) is 15.1. The molecule has 0 amide bonds. The SMILES string of the molecule is N#CCCSc1nccc(-c2cccc(OC(F)F)c2)n1. The number of halogens is 2. The van der Waals surface area contributed by atoms with Gasteiger partial charge in [0.15, 0.2) is 5.16 Å². The van der Waals surface area contributed by atoms with Crippen LogP contribution >= 0.6 is 11.8 Å². The van der Waals surface area contributed by atoms with E-state index in [0.717, 1.165) is 0 Å². The van der Waals surface area contributed by atoms with Crippen LogP contribution in [0, 0.1) is 11.3 Å². The lowest BCUT2D eigenvalue weighted by Crippen LogP contribution is -2.01. The molecule has 2 rings (SSSR count). The van der Waals surface area contributed by atoms with Crippen LogP contribution in [0.1, 0.15) is 6.42 Å². The van der Waals surface area contributed by atoms with E-state index in [9.17, 15) is 8.78 Å². The molecule has 0 atom stereocenters. The first-order valence-electron chi connectivity index (χ1n) is 6.07. The van der Waals surface area contributed by atoms with E-state index >= 15 is 0 Å². The van der Waals surface area contributed by atoms with Crippen LogP contribution in [0.15, 0.2) is 41.7 Å². The van der Waals surface area contributed by atoms with Gasteiger partial charge in [-0.1, -0.05) is 23.9 Å². The number of benzene rings is 1. The second-order valence-corrected chi connectivity index (χ2v) is 4.95. The summed E-state index contributed by atoms with van der Waals surface area (Å²) in [6.07, 6.45) is 2.01. The molecule has 0 aliphatic carbocycles. The van der Waals surface area contributed by atoms with Crippen LogP contribution < -0.4 is 4.74 Å². The topological polar surface area (TPSA) is 58.8 Å². The number of nitrogens with zero attached hydrogens (tertiary/aromatic N) is 3. The number of alkyl halides is 2. The summed E-state index contributed by atoms with van der Waals surface area (Å²) in [7, 11) is 0. The maximum absolute atomic E-state index is 12.2. The fraction of sp³-hybridized carbons (Fsp3) is 0.214. The number of nitriles is 1. The molecule has 2 aromatic rings. The predicted molar refractivity (Wildman–Crippen MR) is 75.1 cm³/mol. The molecule has 1 aromatic heterocycles. The number of hydrogen-bond donors (Lipinski definition) is 0. The molecule has 0 fully saturated rings. The Morgan fingerprint density at radius 2 is 2.19 bits per heavy atom. The largest absolute Gasteiger partial charge is 0.435 e. The average molecular weight is 307 g/mol. The molecule has 0 aliphatic heterocycles. The molecule has 1 aromatic carbocycles. The Morgan fingerprint density at radius 1 is 1.33 bits per heavy atom. The summed E-state index contributed by atoms with van der Waals surface area (Å²) >= 11 is 1.37. The van der Waals surface area contributed by atoms with Crippen LogP contribution in [0.2, 0.25) is 0 Å². The van der Waals surface area contributed by atoms with Crippen LogP contribution in [0.5, 0.6) is 5.75 Å². The Labute approximate surface area is 124 Å². The summed E-state index contributed by atoms with van der Waals surface area (Å²) in [5.74, 6) is 0.689.